The Labute approximate surface area is 111 Å². The van der Waals surface area contributed by atoms with Crippen LogP contribution in [0.15, 0.2) is 12.3 Å². The summed E-state index contributed by atoms with van der Waals surface area (Å²) in [6, 6.07) is 1.59. The summed E-state index contributed by atoms with van der Waals surface area (Å²) in [4.78, 5) is 10.5. The van der Waals surface area contributed by atoms with Gasteiger partial charge in [-0.3, -0.25) is 4.18 Å². The molecule has 0 amide bonds. The lowest BCUT2D eigenvalue weighted by atomic mass is 9.78. The summed E-state index contributed by atoms with van der Waals surface area (Å²) in [5, 5.41) is 0. The molecule has 0 radical (unpaired) electrons. The van der Waals surface area contributed by atoms with E-state index in [1.807, 2.05) is 4.90 Å². The fraction of sp³-hybridized carbons (Fsp3) is 0.636. The van der Waals surface area contributed by atoms with Crippen molar-refractivity contribution in [2.24, 2.45) is 5.41 Å². The minimum atomic E-state index is -3.55. The highest BCUT2D eigenvalue weighted by Gasteiger charge is 2.49. The number of hydrogen-bond donors (Lipinski definition) is 0. The molecule has 3 rings (SSSR count). The molecule has 0 saturated carbocycles. The van der Waals surface area contributed by atoms with E-state index in [0.717, 1.165) is 33.4 Å². The minimum absolute atomic E-state index is 0.235. The third-order valence-electron chi connectivity index (χ3n) is 3.43. The highest BCUT2D eigenvalue weighted by Crippen LogP contribution is 2.38. The summed E-state index contributed by atoms with van der Waals surface area (Å²) in [5.41, 5.74) is 0.718. The van der Waals surface area contributed by atoms with Crippen LogP contribution in [0.4, 0.5) is 5.95 Å². The van der Waals surface area contributed by atoms with Gasteiger partial charge in [0.15, 0.2) is 0 Å². The average molecular weight is 285 g/mol. The maximum absolute atomic E-state index is 11.4. The Kier molecular flexibility index (Phi) is 2.95. The number of ether oxygens (including phenoxy) is 1. The van der Waals surface area contributed by atoms with Gasteiger partial charge >= 0.3 is 0 Å². The number of hydrogen-bond acceptors (Lipinski definition) is 7. The van der Waals surface area contributed by atoms with Gasteiger partial charge in [-0.2, -0.15) is 8.42 Å². The topological polar surface area (TPSA) is 81.6 Å². The molecule has 2 fully saturated rings. The van der Waals surface area contributed by atoms with Crippen molar-refractivity contribution in [2.45, 2.75) is 5.75 Å². The summed E-state index contributed by atoms with van der Waals surface area (Å²) in [7, 11) is -2.40. The third kappa shape index (κ3) is 2.43. The highest BCUT2D eigenvalue weighted by molar-refractivity contribution is 7.85. The first kappa shape index (κ1) is 12.8. The molecule has 2 saturated heterocycles. The summed E-state index contributed by atoms with van der Waals surface area (Å²) in [5.74, 6) is 0.336. The van der Waals surface area contributed by atoms with Gasteiger partial charge in [0.2, 0.25) is 5.95 Å². The molecule has 19 heavy (non-hydrogen) atoms. The molecule has 7 nitrogen and oxygen atoms in total. The molecular weight excluding hydrogens is 270 g/mol. The molecule has 1 spiro atoms. The number of aromatic nitrogens is 2. The molecule has 0 atom stereocenters. The van der Waals surface area contributed by atoms with Crippen molar-refractivity contribution >= 4 is 16.1 Å². The Hall–Kier alpha value is -1.25. The van der Waals surface area contributed by atoms with Crippen LogP contribution < -0.4 is 4.90 Å². The molecule has 0 aliphatic carbocycles. The highest BCUT2D eigenvalue weighted by atomic mass is 32.2. The maximum atomic E-state index is 11.4. The molecule has 1 aromatic heterocycles. The molecule has 8 heteroatoms. The minimum Gasteiger partial charge on any atom is -0.380 e. The Morgan fingerprint density at radius 2 is 2.21 bits per heavy atom. The number of anilines is 1. The van der Waals surface area contributed by atoms with Crippen molar-refractivity contribution in [3.05, 3.63) is 18.0 Å². The van der Waals surface area contributed by atoms with Gasteiger partial charge in [-0.05, 0) is 6.07 Å². The number of nitrogens with zero attached hydrogens (tertiary/aromatic N) is 3. The van der Waals surface area contributed by atoms with Crippen molar-refractivity contribution in [3.63, 3.8) is 0 Å². The molecule has 2 aliphatic rings. The SMILES string of the molecule is COS(=O)(=O)Cc1ccnc(N2CC3(COC3)C2)n1. The lowest BCUT2D eigenvalue weighted by Gasteiger charge is -2.54. The predicted octanol–water partition coefficient (Wildman–Crippen LogP) is -0.211. The van der Waals surface area contributed by atoms with Crippen LogP contribution in [0.5, 0.6) is 0 Å². The summed E-state index contributed by atoms with van der Waals surface area (Å²) >= 11 is 0. The normalized spacial score (nSPS) is 21.0. The van der Waals surface area contributed by atoms with Crippen molar-refractivity contribution in [1.29, 1.82) is 0 Å². The first-order chi connectivity index (χ1) is 9.02. The summed E-state index contributed by atoms with van der Waals surface area (Å²) in [6.07, 6.45) is 1.57. The Morgan fingerprint density at radius 3 is 2.79 bits per heavy atom. The van der Waals surface area contributed by atoms with E-state index in [1.54, 1.807) is 12.3 Å². The van der Waals surface area contributed by atoms with Gasteiger partial charge in [-0.25, -0.2) is 9.97 Å². The molecule has 0 N–H and O–H groups in total. The van der Waals surface area contributed by atoms with Crippen LogP contribution >= 0.6 is 0 Å². The molecule has 1 aromatic rings. The second-order valence-corrected chi connectivity index (χ2v) is 6.80. The van der Waals surface area contributed by atoms with E-state index in [-0.39, 0.29) is 11.2 Å². The van der Waals surface area contributed by atoms with E-state index in [1.165, 1.54) is 0 Å². The van der Waals surface area contributed by atoms with Crippen LogP contribution in [0.2, 0.25) is 0 Å². The lowest BCUT2D eigenvalue weighted by molar-refractivity contribution is -0.127. The Balaban J connectivity index is 1.70. The van der Waals surface area contributed by atoms with Crippen LogP contribution in [0, 0.1) is 5.41 Å². The quantitative estimate of drug-likeness (QED) is 0.708. The first-order valence-corrected chi connectivity index (χ1v) is 7.53. The molecule has 0 unspecified atom stereocenters. The average Bonchev–Trinajstić information content (AvgIpc) is 2.25. The molecule has 3 heterocycles. The summed E-state index contributed by atoms with van der Waals surface area (Å²) in [6.45, 7) is 3.32. The van der Waals surface area contributed by atoms with E-state index in [9.17, 15) is 8.42 Å². The Morgan fingerprint density at radius 1 is 1.47 bits per heavy atom. The van der Waals surface area contributed by atoms with Crippen molar-refractivity contribution in [3.8, 4) is 0 Å². The van der Waals surface area contributed by atoms with E-state index in [0.29, 0.717) is 11.6 Å². The maximum Gasteiger partial charge on any atom is 0.272 e. The van der Waals surface area contributed by atoms with Crippen molar-refractivity contribution < 1.29 is 17.3 Å². The third-order valence-corrected chi connectivity index (χ3v) is 4.59. The van der Waals surface area contributed by atoms with Crippen LogP contribution in [0.1, 0.15) is 5.69 Å². The van der Waals surface area contributed by atoms with E-state index in [2.05, 4.69) is 14.2 Å². The zero-order valence-corrected chi connectivity index (χ0v) is 11.4. The first-order valence-electron chi connectivity index (χ1n) is 5.95. The zero-order chi connectivity index (χ0) is 13.5. The van der Waals surface area contributed by atoms with Gasteiger partial charge in [0.1, 0.15) is 5.75 Å². The van der Waals surface area contributed by atoms with Gasteiger partial charge in [0.05, 0.1) is 31.4 Å². The second-order valence-electron chi connectivity index (χ2n) is 5.07. The molecular formula is C11H15N3O4S. The molecule has 2 aliphatic heterocycles. The Bertz CT molecular complexity index is 577. The molecule has 0 bridgehead atoms. The molecule has 104 valence electrons. The predicted molar refractivity (Wildman–Crippen MR) is 67.1 cm³/mol. The van der Waals surface area contributed by atoms with Crippen molar-refractivity contribution in [1.82, 2.24) is 9.97 Å². The second kappa shape index (κ2) is 4.39. The fourth-order valence-electron chi connectivity index (χ4n) is 2.34. The lowest BCUT2D eigenvalue weighted by Crippen LogP contribution is -2.66. The number of rotatable bonds is 4. The van der Waals surface area contributed by atoms with Crippen LogP contribution in [-0.4, -0.2) is 51.8 Å². The van der Waals surface area contributed by atoms with E-state index < -0.39 is 10.1 Å². The van der Waals surface area contributed by atoms with Crippen LogP contribution in [-0.2, 0) is 24.8 Å². The zero-order valence-electron chi connectivity index (χ0n) is 10.6. The standard InChI is InChI=1S/C11H15N3O4S/c1-17-19(15,16)4-9-2-3-12-10(13-9)14-5-11(6-14)7-18-8-11/h2-3H,4-8H2,1H3. The van der Waals surface area contributed by atoms with Crippen LogP contribution in [0.3, 0.4) is 0 Å². The molecule has 0 aromatic carbocycles. The summed E-state index contributed by atoms with van der Waals surface area (Å²) < 4.78 is 32.4. The van der Waals surface area contributed by atoms with E-state index in [4.69, 9.17) is 4.74 Å². The van der Waals surface area contributed by atoms with Gasteiger partial charge in [0, 0.05) is 19.3 Å². The van der Waals surface area contributed by atoms with Gasteiger partial charge in [-0.15, -0.1) is 0 Å². The fourth-order valence-corrected chi connectivity index (χ4v) is 2.98. The van der Waals surface area contributed by atoms with Crippen LogP contribution in [0.25, 0.3) is 0 Å². The van der Waals surface area contributed by atoms with Gasteiger partial charge in [-0.1, -0.05) is 0 Å². The monoisotopic (exact) mass is 285 g/mol. The van der Waals surface area contributed by atoms with Gasteiger partial charge in [0.25, 0.3) is 10.1 Å². The smallest absolute Gasteiger partial charge is 0.272 e. The van der Waals surface area contributed by atoms with Crippen molar-refractivity contribution in [2.75, 3.05) is 38.3 Å². The van der Waals surface area contributed by atoms with E-state index >= 15 is 0 Å². The largest absolute Gasteiger partial charge is 0.380 e. The van der Waals surface area contributed by atoms with Gasteiger partial charge < -0.3 is 9.64 Å².